The Bertz CT molecular complexity index is 700. The van der Waals surface area contributed by atoms with Crippen LogP contribution in [0.1, 0.15) is 50.8 Å². The molecule has 1 heterocycles. The number of nitrogens with zero attached hydrogens (tertiary/aromatic N) is 1. The molecule has 25 heavy (non-hydrogen) atoms. The average molecular weight is 367 g/mol. The summed E-state index contributed by atoms with van der Waals surface area (Å²) in [4.78, 5) is 12.8. The highest BCUT2D eigenvalue weighted by Gasteiger charge is 2.32. The van der Waals surface area contributed by atoms with Crippen LogP contribution in [0.5, 0.6) is 0 Å². The Kier molecular flexibility index (Phi) is 6.63. The number of piperidine rings is 1. The third-order valence-corrected chi connectivity index (χ3v) is 6.85. The number of benzene rings is 1. The van der Waals surface area contributed by atoms with Gasteiger partial charge in [-0.3, -0.25) is 4.79 Å². The first-order chi connectivity index (χ1) is 11.8. The molecule has 0 unspecified atom stereocenters. The molecule has 0 bridgehead atoms. The van der Waals surface area contributed by atoms with Crippen LogP contribution in [0.25, 0.3) is 0 Å². The maximum atomic E-state index is 12.8. The standard InChI is InChI=1S/C19H30N2O3S/c1-5-25(23,24)21-12-8-10-16(13-21)19(22)20-18(14(2)3)17-11-7-6-9-15(17)4/h6-7,9,11,14,16,18H,5,8,10,12-13H2,1-4H3,(H,20,22)/t16-,18-/m0/s1. The number of aryl methyl sites for hydroxylation is 1. The van der Waals surface area contributed by atoms with E-state index in [-0.39, 0.29) is 29.5 Å². The molecule has 0 aliphatic carbocycles. The molecule has 6 heteroatoms. The molecule has 1 aliphatic rings. The molecule has 0 saturated carbocycles. The quantitative estimate of drug-likeness (QED) is 0.842. The summed E-state index contributed by atoms with van der Waals surface area (Å²) in [5.74, 6) is 0.0153. The second kappa shape index (κ2) is 8.32. The maximum Gasteiger partial charge on any atom is 0.224 e. The molecule has 1 aliphatic heterocycles. The molecule has 1 N–H and O–H groups in total. The van der Waals surface area contributed by atoms with Gasteiger partial charge in [0, 0.05) is 13.1 Å². The van der Waals surface area contributed by atoms with Crippen LogP contribution in [-0.2, 0) is 14.8 Å². The lowest BCUT2D eigenvalue weighted by Crippen LogP contribution is -2.47. The van der Waals surface area contributed by atoms with Gasteiger partial charge in [0.1, 0.15) is 0 Å². The van der Waals surface area contributed by atoms with Crippen LogP contribution in [0.2, 0.25) is 0 Å². The van der Waals surface area contributed by atoms with Crippen LogP contribution in [0.4, 0.5) is 0 Å². The summed E-state index contributed by atoms with van der Waals surface area (Å²) < 4.78 is 25.7. The van der Waals surface area contributed by atoms with E-state index >= 15 is 0 Å². The van der Waals surface area contributed by atoms with Crippen molar-refractivity contribution in [2.45, 2.75) is 46.6 Å². The SMILES string of the molecule is CCS(=O)(=O)N1CCC[C@H](C(=O)N[C@H](c2ccccc2C)C(C)C)C1. The van der Waals surface area contributed by atoms with Gasteiger partial charge in [0.2, 0.25) is 15.9 Å². The Morgan fingerprint density at radius 3 is 2.60 bits per heavy atom. The number of rotatable bonds is 6. The van der Waals surface area contributed by atoms with Gasteiger partial charge in [0.25, 0.3) is 0 Å². The van der Waals surface area contributed by atoms with Crippen molar-refractivity contribution in [1.29, 1.82) is 0 Å². The fraction of sp³-hybridized carbons (Fsp3) is 0.632. The number of carbonyl (C=O) groups is 1. The van der Waals surface area contributed by atoms with E-state index in [1.165, 1.54) is 4.31 Å². The zero-order valence-electron chi connectivity index (χ0n) is 15.7. The van der Waals surface area contributed by atoms with Gasteiger partial charge in [-0.1, -0.05) is 38.1 Å². The summed E-state index contributed by atoms with van der Waals surface area (Å²) >= 11 is 0. The fourth-order valence-electron chi connectivity index (χ4n) is 3.40. The average Bonchev–Trinajstić information content (AvgIpc) is 2.60. The molecule has 1 aromatic carbocycles. The molecular weight excluding hydrogens is 336 g/mol. The predicted molar refractivity (Wildman–Crippen MR) is 101 cm³/mol. The van der Waals surface area contributed by atoms with E-state index < -0.39 is 10.0 Å². The van der Waals surface area contributed by atoms with Crippen molar-refractivity contribution in [2.75, 3.05) is 18.8 Å². The minimum atomic E-state index is -3.24. The molecule has 1 amide bonds. The predicted octanol–water partition coefficient (Wildman–Crippen LogP) is 2.87. The lowest BCUT2D eigenvalue weighted by atomic mass is 9.91. The van der Waals surface area contributed by atoms with E-state index in [9.17, 15) is 13.2 Å². The summed E-state index contributed by atoms with van der Waals surface area (Å²) in [5, 5.41) is 3.17. The van der Waals surface area contributed by atoms with Crippen molar-refractivity contribution in [2.24, 2.45) is 11.8 Å². The first kappa shape index (κ1) is 19.9. The van der Waals surface area contributed by atoms with Gasteiger partial charge in [-0.25, -0.2) is 12.7 Å². The monoisotopic (exact) mass is 366 g/mol. The van der Waals surface area contributed by atoms with E-state index in [2.05, 4.69) is 25.2 Å². The fourth-order valence-corrected chi connectivity index (χ4v) is 4.58. The Hall–Kier alpha value is -1.40. The van der Waals surface area contributed by atoms with Crippen LogP contribution in [0.3, 0.4) is 0 Å². The van der Waals surface area contributed by atoms with Crippen LogP contribution >= 0.6 is 0 Å². The van der Waals surface area contributed by atoms with Crippen molar-refractivity contribution in [3.8, 4) is 0 Å². The minimum absolute atomic E-state index is 0.0436. The van der Waals surface area contributed by atoms with E-state index in [0.717, 1.165) is 24.0 Å². The van der Waals surface area contributed by atoms with Gasteiger partial charge < -0.3 is 5.32 Å². The number of amides is 1. The van der Waals surface area contributed by atoms with E-state index in [1.807, 2.05) is 25.1 Å². The normalized spacial score (nSPS) is 20.4. The van der Waals surface area contributed by atoms with Gasteiger partial charge in [-0.05, 0) is 43.7 Å². The number of sulfonamides is 1. The van der Waals surface area contributed by atoms with E-state index in [1.54, 1.807) is 6.92 Å². The van der Waals surface area contributed by atoms with Gasteiger partial charge in [-0.15, -0.1) is 0 Å². The zero-order valence-corrected chi connectivity index (χ0v) is 16.5. The van der Waals surface area contributed by atoms with Gasteiger partial charge in [-0.2, -0.15) is 0 Å². The molecule has 2 atom stereocenters. The first-order valence-corrected chi connectivity index (χ1v) is 10.7. The summed E-state index contributed by atoms with van der Waals surface area (Å²) in [6.45, 7) is 8.68. The topological polar surface area (TPSA) is 66.5 Å². The van der Waals surface area contributed by atoms with Crippen molar-refractivity contribution in [1.82, 2.24) is 9.62 Å². The molecule has 2 rings (SSSR count). The highest BCUT2D eigenvalue weighted by Crippen LogP contribution is 2.26. The molecule has 1 saturated heterocycles. The molecule has 1 fully saturated rings. The van der Waals surface area contributed by atoms with E-state index in [0.29, 0.717) is 13.1 Å². The lowest BCUT2D eigenvalue weighted by molar-refractivity contribution is -0.127. The van der Waals surface area contributed by atoms with Crippen molar-refractivity contribution >= 4 is 15.9 Å². The van der Waals surface area contributed by atoms with Crippen LogP contribution in [0, 0.1) is 18.8 Å². The van der Waals surface area contributed by atoms with Crippen molar-refractivity contribution in [3.63, 3.8) is 0 Å². The third-order valence-electron chi connectivity index (χ3n) is 5.00. The smallest absolute Gasteiger partial charge is 0.224 e. The molecular formula is C19H30N2O3S. The summed E-state index contributed by atoms with van der Waals surface area (Å²) in [6, 6.07) is 8.02. The number of carbonyl (C=O) groups excluding carboxylic acids is 1. The Labute approximate surface area is 151 Å². The van der Waals surface area contributed by atoms with Crippen LogP contribution in [-0.4, -0.2) is 37.5 Å². The highest BCUT2D eigenvalue weighted by atomic mass is 32.2. The third kappa shape index (κ3) is 4.82. The molecule has 0 radical (unpaired) electrons. The molecule has 140 valence electrons. The van der Waals surface area contributed by atoms with Gasteiger partial charge in [0.05, 0.1) is 17.7 Å². The van der Waals surface area contributed by atoms with Gasteiger partial charge >= 0.3 is 0 Å². The molecule has 5 nitrogen and oxygen atoms in total. The highest BCUT2D eigenvalue weighted by molar-refractivity contribution is 7.89. The number of nitrogens with one attached hydrogen (secondary N) is 1. The molecule has 0 aromatic heterocycles. The minimum Gasteiger partial charge on any atom is -0.349 e. The van der Waals surface area contributed by atoms with Crippen LogP contribution in [0.15, 0.2) is 24.3 Å². The van der Waals surface area contributed by atoms with Crippen LogP contribution < -0.4 is 5.32 Å². The zero-order chi connectivity index (χ0) is 18.6. The Morgan fingerprint density at radius 1 is 1.32 bits per heavy atom. The maximum absolute atomic E-state index is 12.8. The molecule has 1 aromatic rings. The Morgan fingerprint density at radius 2 is 2.00 bits per heavy atom. The summed E-state index contributed by atoms with van der Waals surface area (Å²) in [5.41, 5.74) is 2.28. The summed E-state index contributed by atoms with van der Waals surface area (Å²) in [7, 11) is -3.24. The Balaban J connectivity index is 2.12. The molecule has 0 spiro atoms. The van der Waals surface area contributed by atoms with Gasteiger partial charge in [0.15, 0.2) is 0 Å². The number of hydrogen-bond donors (Lipinski definition) is 1. The van der Waals surface area contributed by atoms with Crippen molar-refractivity contribution < 1.29 is 13.2 Å². The largest absolute Gasteiger partial charge is 0.349 e. The number of hydrogen-bond acceptors (Lipinski definition) is 3. The van der Waals surface area contributed by atoms with E-state index in [4.69, 9.17) is 0 Å². The lowest BCUT2D eigenvalue weighted by Gasteiger charge is -2.33. The first-order valence-electron chi connectivity index (χ1n) is 9.10. The van der Waals surface area contributed by atoms with Crippen molar-refractivity contribution in [3.05, 3.63) is 35.4 Å². The second-order valence-electron chi connectivity index (χ2n) is 7.18. The second-order valence-corrected chi connectivity index (χ2v) is 9.44. The summed E-state index contributed by atoms with van der Waals surface area (Å²) in [6.07, 6.45) is 1.47.